The number of pyridine rings is 1. The fraction of sp³-hybridized carbons (Fsp3) is 0.367. The van der Waals surface area contributed by atoms with E-state index in [1.165, 1.54) is 27.7 Å². The van der Waals surface area contributed by atoms with E-state index < -0.39 is 0 Å². The maximum atomic E-state index is 9.79. The lowest BCUT2D eigenvalue weighted by molar-refractivity contribution is 0.150. The van der Waals surface area contributed by atoms with Crippen molar-refractivity contribution < 1.29 is 9.84 Å². The van der Waals surface area contributed by atoms with Crippen molar-refractivity contribution >= 4 is 16.7 Å². The monoisotopic (exact) mass is 482 g/mol. The van der Waals surface area contributed by atoms with Gasteiger partial charge in [0.1, 0.15) is 23.4 Å². The third-order valence-corrected chi connectivity index (χ3v) is 7.77. The summed E-state index contributed by atoms with van der Waals surface area (Å²) in [7, 11) is 0. The summed E-state index contributed by atoms with van der Waals surface area (Å²) >= 11 is 0. The molecule has 0 spiro atoms. The molecule has 186 valence electrons. The molecule has 1 unspecified atom stereocenters. The molecule has 2 aliphatic heterocycles. The van der Waals surface area contributed by atoms with E-state index in [0.717, 1.165) is 69.2 Å². The summed E-state index contributed by atoms with van der Waals surface area (Å²) in [5, 5.41) is 11.0. The third-order valence-electron chi connectivity index (χ3n) is 7.77. The minimum Gasteiger partial charge on any atom is -0.508 e. The zero-order valence-electron chi connectivity index (χ0n) is 21.2. The maximum Gasteiger partial charge on any atom is 0.144 e. The van der Waals surface area contributed by atoms with Gasteiger partial charge in [-0.05, 0) is 86.3 Å². The van der Waals surface area contributed by atoms with Crippen LogP contribution in [0.3, 0.4) is 0 Å². The Balaban J connectivity index is 1.11. The first-order valence-corrected chi connectivity index (χ1v) is 13.1. The molecular weight excluding hydrogens is 448 g/mol. The van der Waals surface area contributed by atoms with E-state index in [1.54, 1.807) is 12.1 Å². The molecule has 1 atom stereocenters. The number of hydrogen-bond donors (Lipinski definition) is 1. The van der Waals surface area contributed by atoms with Crippen LogP contribution in [-0.4, -0.2) is 58.4 Å². The van der Waals surface area contributed by atoms with Crippen molar-refractivity contribution in [3.63, 3.8) is 0 Å². The van der Waals surface area contributed by atoms with E-state index in [0.29, 0.717) is 5.75 Å². The molecular formula is C30H34N4O2. The number of ether oxygens (including phenoxy) is 1. The Hall–Kier alpha value is -3.51. The van der Waals surface area contributed by atoms with Crippen LogP contribution in [0.15, 0.2) is 60.8 Å². The zero-order valence-corrected chi connectivity index (χ0v) is 21.2. The number of benzene rings is 2. The van der Waals surface area contributed by atoms with Gasteiger partial charge >= 0.3 is 0 Å². The van der Waals surface area contributed by atoms with Gasteiger partial charge in [0, 0.05) is 37.8 Å². The van der Waals surface area contributed by atoms with E-state index in [2.05, 4.69) is 57.5 Å². The van der Waals surface area contributed by atoms with Gasteiger partial charge in [-0.25, -0.2) is 4.98 Å². The molecule has 6 rings (SSSR count). The average molecular weight is 483 g/mol. The fourth-order valence-electron chi connectivity index (χ4n) is 5.92. The summed E-state index contributed by atoms with van der Waals surface area (Å²) in [4.78, 5) is 9.58. The molecule has 1 fully saturated rings. The lowest BCUT2D eigenvalue weighted by atomic mass is 10.1. The predicted molar refractivity (Wildman–Crippen MR) is 145 cm³/mol. The minimum absolute atomic E-state index is 0.156. The predicted octanol–water partition coefficient (Wildman–Crippen LogP) is 5.39. The number of aryl methyl sites for hydroxylation is 2. The van der Waals surface area contributed by atoms with Gasteiger partial charge in [-0.3, -0.25) is 4.90 Å². The first kappa shape index (κ1) is 22.9. The third kappa shape index (κ3) is 4.20. The number of aromatic hydroxyl groups is 1. The summed E-state index contributed by atoms with van der Waals surface area (Å²) < 4.78 is 8.95. The van der Waals surface area contributed by atoms with Crippen molar-refractivity contribution in [1.29, 1.82) is 0 Å². The Morgan fingerprint density at radius 2 is 1.78 bits per heavy atom. The van der Waals surface area contributed by atoms with Gasteiger partial charge in [-0.2, -0.15) is 0 Å². The van der Waals surface area contributed by atoms with E-state index in [-0.39, 0.29) is 6.10 Å². The summed E-state index contributed by atoms with van der Waals surface area (Å²) in [5.41, 5.74) is 6.07. The number of para-hydroxylation sites is 1. The van der Waals surface area contributed by atoms with E-state index in [4.69, 9.17) is 4.74 Å². The summed E-state index contributed by atoms with van der Waals surface area (Å²) in [6.07, 6.45) is 4.20. The Morgan fingerprint density at radius 3 is 2.56 bits per heavy atom. The Kier molecular flexibility index (Phi) is 6.05. The molecule has 0 saturated carbocycles. The van der Waals surface area contributed by atoms with Gasteiger partial charge < -0.3 is 19.3 Å². The van der Waals surface area contributed by atoms with E-state index >= 15 is 0 Å². The van der Waals surface area contributed by atoms with Crippen LogP contribution in [0, 0.1) is 13.8 Å². The molecule has 4 heterocycles. The normalized spacial score (nSPS) is 17.9. The first-order chi connectivity index (χ1) is 17.6. The highest BCUT2D eigenvalue weighted by atomic mass is 16.5. The van der Waals surface area contributed by atoms with Crippen LogP contribution < -0.4 is 9.64 Å². The number of aromatic nitrogens is 2. The average Bonchev–Trinajstić information content (AvgIpc) is 3.18. The lowest BCUT2D eigenvalue weighted by Crippen LogP contribution is -2.47. The summed E-state index contributed by atoms with van der Waals surface area (Å²) in [5.74, 6) is 2.41. The van der Waals surface area contributed by atoms with Crippen LogP contribution in [0.2, 0.25) is 0 Å². The summed E-state index contributed by atoms with van der Waals surface area (Å²) in [6, 6.07) is 18.1. The molecule has 2 aliphatic rings. The number of phenols is 1. The number of hydrogen-bond acceptors (Lipinski definition) is 5. The number of phenolic OH excluding ortho intramolecular Hbond substituents is 1. The van der Waals surface area contributed by atoms with E-state index in [9.17, 15) is 5.11 Å². The van der Waals surface area contributed by atoms with Crippen molar-refractivity contribution in [2.24, 2.45) is 0 Å². The number of rotatable bonds is 6. The highest BCUT2D eigenvalue weighted by Gasteiger charge is 2.27. The maximum absolute atomic E-state index is 9.79. The second-order valence-electron chi connectivity index (χ2n) is 10.1. The van der Waals surface area contributed by atoms with Crippen LogP contribution in [0.5, 0.6) is 11.5 Å². The SMILES string of the molecule is Cc1cccnc1N1CCN(CCCC2Cn3c(-c4ccc(O)cc4)c(C)c4cccc(c43)O2)CC1. The van der Waals surface area contributed by atoms with Gasteiger partial charge in [0.05, 0.1) is 17.8 Å². The van der Waals surface area contributed by atoms with Crippen LogP contribution in [-0.2, 0) is 6.54 Å². The smallest absolute Gasteiger partial charge is 0.144 e. The Morgan fingerprint density at radius 1 is 0.972 bits per heavy atom. The number of nitrogens with zero attached hydrogens (tertiary/aromatic N) is 4. The Bertz CT molecular complexity index is 1370. The second-order valence-corrected chi connectivity index (χ2v) is 10.1. The van der Waals surface area contributed by atoms with Crippen molar-refractivity contribution in [2.45, 2.75) is 39.3 Å². The molecule has 4 aromatic rings. The van der Waals surface area contributed by atoms with Crippen LogP contribution in [0.25, 0.3) is 22.2 Å². The van der Waals surface area contributed by atoms with Crippen molar-refractivity contribution in [3.05, 3.63) is 71.9 Å². The summed E-state index contributed by atoms with van der Waals surface area (Å²) in [6.45, 7) is 10.5. The molecule has 2 aromatic heterocycles. The van der Waals surface area contributed by atoms with Gasteiger partial charge in [0.25, 0.3) is 0 Å². The molecule has 0 aliphatic carbocycles. The van der Waals surface area contributed by atoms with Gasteiger partial charge in [-0.15, -0.1) is 0 Å². The van der Waals surface area contributed by atoms with Crippen molar-refractivity contribution in [2.75, 3.05) is 37.6 Å². The minimum atomic E-state index is 0.156. The van der Waals surface area contributed by atoms with E-state index in [1.807, 2.05) is 24.4 Å². The molecule has 1 N–H and O–H groups in total. The Labute approximate surface area is 212 Å². The molecule has 1 saturated heterocycles. The molecule has 6 nitrogen and oxygen atoms in total. The first-order valence-electron chi connectivity index (χ1n) is 13.1. The number of anilines is 1. The second kappa shape index (κ2) is 9.51. The standard InChI is InChI=1S/C30H34N4O2/c1-21-6-4-14-31-30(21)33-18-16-32(17-19-33)15-5-7-25-20-34-28(23-10-12-24(35)13-11-23)22(2)26-8-3-9-27(36-25)29(26)34/h3-4,6,8-14,25,35H,5,7,15-20H2,1-2H3. The van der Waals surface area contributed by atoms with Gasteiger partial charge in [-0.1, -0.05) is 18.2 Å². The topological polar surface area (TPSA) is 53.8 Å². The van der Waals surface area contributed by atoms with Crippen molar-refractivity contribution in [1.82, 2.24) is 14.5 Å². The largest absolute Gasteiger partial charge is 0.508 e. The fourth-order valence-corrected chi connectivity index (χ4v) is 5.92. The highest BCUT2D eigenvalue weighted by Crippen LogP contribution is 2.41. The molecule has 6 heteroatoms. The van der Waals surface area contributed by atoms with Crippen LogP contribution >= 0.6 is 0 Å². The van der Waals surface area contributed by atoms with Crippen molar-refractivity contribution in [3.8, 4) is 22.8 Å². The number of piperazine rings is 1. The lowest BCUT2D eigenvalue weighted by Gasteiger charge is -2.36. The molecule has 0 bridgehead atoms. The molecule has 36 heavy (non-hydrogen) atoms. The molecule has 2 aromatic carbocycles. The van der Waals surface area contributed by atoms with Gasteiger partial charge in [0.2, 0.25) is 0 Å². The molecule has 0 radical (unpaired) electrons. The molecule has 0 amide bonds. The highest BCUT2D eigenvalue weighted by molar-refractivity contribution is 5.95. The van der Waals surface area contributed by atoms with Crippen LogP contribution in [0.1, 0.15) is 24.0 Å². The van der Waals surface area contributed by atoms with Crippen LogP contribution in [0.4, 0.5) is 5.82 Å². The quantitative estimate of drug-likeness (QED) is 0.399. The zero-order chi connectivity index (χ0) is 24.6. The van der Waals surface area contributed by atoms with Gasteiger partial charge in [0.15, 0.2) is 0 Å².